The zero-order chi connectivity index (χ0) is 24.4. The molecule has 0 amide bonds. The second-order valence-corrected chi connectivity index (χ2v) is 10.00. The van der Waals surface area contributed by atoms with Crippen LogP contribution in [-0.4, -0.2) is 21.8 Å². The van der Waals surface area contributed by atoms with Crippen LogP contribution in [0.5, 0.6) is 11.5 Å². The third-order valence-corrected chi connectivity index (χ3v) is 6.28. The van der Waals surface area contributed by atoms with E-state index in [1.807, 2.05) is 84.9 Å². The van der Waals surface area contributed by atoms with Crippen molar-refractivity contribution in [1.29, 1.82) is 0 Å². The first-order chi connectivity index (χ1) is 16.9. The SMILES string of the molecule is COc1cccc2c1-c1ccc(NS(C)(=O)=O)cc1C(c1cccc(C#Cc3ccccc3)c1)O2. The summed E-state index contributed by atoms with van der Waals surface area (Å²) in [4.78, 5) is 0. The molecule has 4 aromatic carbocycles. The van der Waals surface area contributed by atoms with Gasteiger partial charge in [-0.05, 0) is 59.7 Å². The zero-order valence-corrected chi connectivity index (χ0v) is 20.1. The maximum Gasteiger partial charge on any atom is 0.229 e. The third kappa shape index (κ3) is 4.86. The van der Waals surface area contributed by atoms with Crippen LogP contribution >= 0.6 is 0 Å². The average Bonchev–Trinajstić information content (AvgIpc) is 2.86. The van der Waals surface area contributed by atoms with Crippen LogP contribution in [0.2, 0.25) is 0 Å². The van der Waals surface area contributed by atoms with Crippen molar-refractivity contribution >= 4 is 15.7 Å². The standard InChI is InChI=1S/C29H23NO4S/c1-33-26-12-7-13-27-28(26)24-17-16-23(30-35(2,31)32)19-25(24)29(34-27)22-11-6-10-21(18-22)15-14-20-8-4-3-5-9-20/h3-13,16-19,29-30H,1-2H3. The third-order valence-electron chi connectivity index (χ3n) is 5.67. The van der Waals surface area contributed by atoms with Crippen LogP contribution in [0.15, 0.2) is 91.0 Å². The molecule has 0 bridgehead atoms. The largest absolute Gasteiger partial charge is 0.496 e. The number of sulfonamides is 1. The van der Waals surface area contributed by atoms with E-state index in [2.05, 4.69) is 16.6 Å². The molecule has 1 aliphatic heterocycles. The summed E-state index contributed by atoms with van der Waals surface area (Å²) in [6.45, 7) is 0. The minimum Gasteiger partial charge on any atom is -0.496 e. The van der Waals surface area contributed by atoms with Crippen molar-refractivity contribution in [3.63, 3.8) is 0 Å². The number of methoxy groups -OCH3 is 1. The van der Waals surface area contributed by atoms with Crippen LogP contribution in [-0.2, 0) is 10.0 Å². The van der Waals surface area contributed by atoms with Crippen LogP contribution in [0.3, 0.4) is 0 Å². The highest BCUT2D eigenvalue weighted by molar-refractivity contribution is 7.92. The van der Waals surface area contributed by atoms with Crippen molar-refractivity contribution in [2.75, 3.05) is 18.1 Å². The van der Waals surface area contributed by atoms with Gasteiger partial charge in [0.15, 0.2) is 0 Å². The van der Waals surface area contributed by atoms with Crippen LogP contribution < -0.4 is 14.2 Å². The smallest absolute Gasteiger partial charge is 0.229 e. The molecule has 1 N–H and O–H groups in total. The van der Waals surface area contributed by atoms with Crippen LogP contribution in [0.25, 0.3) is 11.1 Å². The molecule has 0 aromatic heterocycles. The second kappa shape index (κ2) is 9.21. The topological polar surface area (TPSA) is 64.6 Å². The van der Waals surface area contributed by atoms with Crippen molar-refractivity contribution in [2.24, 2.45) is 0 Å². The second-order valence-electron chi connectivity index (χ2n) is 8.25. The normalized spacial score (nSPS) is 13.9. The lowest BCUT2D eigenvalue weighted by Crippen LogP contribution is -2.17. The number of fused-ring (bicyclic) bond motifs is 3. The van der Waals surface area contributed by atoms with Crippen molar-refractivity contribution in [2.45, 2.75) is 6.10 Å². The summed E-state index contributed by atoms with van der Waals surface area (Å²) in [5.41, 5.74) is 5.78. The Morgan fingerprint density at radius 1 is 0.857 bits per heavy atom. The first kappa shape index (κ1) is 22.6. The van der Waals surface area contributed by atoms with Crippen LogP contribution in [0.4, 0.5) is 5.69 Å². The quantitative estimate of drug-likeness (QED) is 0.385. The van der Waals surface area contributed by atoms with E-state index in [-0.39, 0.29) is 0 Å². The van der Waals surface area contributed by atoms with E-state index in [4.69, 9.17) is 9.47 Å². The Hall–Kier alpha value is -4.21. The first-order valence-corrected chi connectivity index (χ1v) is 12.9. The lowest BCUT2D eigenvalue weighted by Gasteiger charge is -2.30. The average molecular weight is 482 g/mol. The highest BCUT2D eigenvalue weighted by atomic mass is 32.2. The van der Waals surface area contributed by atoms with Gasteiger partial charge < -0.3 is 9.47 Å². The molecular formula is C29H23NO4S. The molecule has 0 saturated heterocycles. The number of rotatable bonds is 4. The molecule has 0 radical (unpaired) electrons. The summed E-state index contributed by atoms with van der Waals surface area (Å²) in [7, 11) is -1.81. The number of anilines is 1. The van der Waals surface area contributed by atoms with Gasteiger partial charge in [-0.2, -0.15) is 0 Å². The Balaban J connectivity index is 1.61. The maximum atomic E-state index is 11.9. The van der Waals surface area contributed by atoms with Gasteiger partial charge >= 0.3 is 0 Å². The molecule has 1 unspecified atom stereocenters. The van der Waals surface area contributed by atoms with E-state index >= 15 is 0 Å². The highest BCUT2D eigenvalue weighted by Crippen LogP contribution is 2.49. The Morgan fingerprint density at radius 3 is 2.37 bits per heavy atom. The molecule has 5 rings (SSSR count). The molecule has 6 heteroatoms. The molecule has 174 valence electrons. The monoisotopic (exact) mass is 481 g/mol. The van der Waals surface area contributed by atoms with Gasteiger partial charge in [0.25, 0.3) is 0 Å². The summed E-state index contributed by atoms with van der Waals surface area (Å²) in [5, 5.41) is 0. The summed E-state index contributed by atoms with van der Waals surface area (Å²) in [5.74, 6) is 7.81. The fourth-order valence-corrected chi connectivity index (χ4v) is 4.77. The molecule has 0 aliphatic carbocycles. The minimum absolute atomic E-state index is 0.454. The Morgan fingerprint density at radius 2 is 1.60 bits per heavy atom. The van der Waals surface area contributed by atoms with E-state index < -0.39 is 16.1 Å². The fourth-order valence-electron chi connectivity index (χ4n) is 4.21. The van der Waals surface area contributed by atoms with Gasteiger partial charge in [-0.1, -0.05) is 54.3 Å². The van der Waals surface area contributed by atoms with E-state index in [1.54, 1.807) is 13.2 Å². The van der Waals surface area contributed by atoms with Crippen molar-refractivity contribution < 1.29 is 17.9 Å². The van der Waals surface area contributed by atoms with E-state index in [0.717, 1.165) is 39.6 Å². The van der Waals surface area contributed by atoms with Crippen molar-refractivity contribution in [3.05, 3.63) is 113 Å². The molecule has 1 heterocycles. The number of nitrogens with one attached hydrogen (secondary N) is 1. The van der Waals surface area contributed by atoms with Gasteiger partial charge in [0.05, 0.1) is 18.9 Å². The van der Waals surface area contributed by atoms with Gasteiger partial charge in [-0.3, -0.25) is 4.72 Å². The lowest BCUT2D eigenvalue weighted by atomic mass is 9.88. The van der Waals surface area contributed by atoms with E-state index in [0.29, 0.717) is 17.2 Å². The molecule has 0 fully saturated rings. The van der Waals surface area contributed by atoms with Gasteiger partial charge in [0, 0.05) is 22.4 Å². The molecule has 1 aliphatic rings. The number of ether oxygens (including phenoxy) is 2. The molecule has 0 saturated carbocycles. The lowest BCUT2D eigenvalue weighted by molar-refractivity contribution is 0.242. The van der Waals surface area contributed by atoms with Gasteiger partial charge in [0.1, 0.15) is 17.6 Å². The molecule has 4 aromatic rings. The molecule has 35 heavy (non-hydrogen) atoms. The predicted molar refractivity (Wildman–Crippen MR) is 138 cm³/mol. The van der Waals surface area contributed by atoms with Crippen molar-refractivity contribution in [3.8, 4) is 34.5 Å². The number of hydrogen-bond donors (Lipinski definition) is 1. The number of benzene rings is 4. The molecule has 0 spiro atoms. The van der Waals surface area contributed by atoms with Gasteiger partial charge in [-0.15, -0.1) is 0 Å². The molecular weight excluding hydrogens is 458 g/mol. The summed E-state index contributed by atoms with van der Waals surface area (Å²) in [6, 6.07) is 28.9. The molecule has 1 atom stereocenters. The number of hydrogen-bond acceptors (Lipinski definition) is 4. The van der Waals surface area contributed by atoms with Gasteiger partial charge in [0.2, 0.25) is 10.0 Å². The van der Waals surface area contributed by atoms with Crippen molar-refractivity contribution in [1.82, 2.24) is 0 Å². The highest BCUT2D eigenvalue weighted by Gasteiger charge is 2.30. The zero-order valence-electron chi connectivity index (χ0n) is 19.3. The van der Waals surface area contributed by atoms with Crippen LogP contribution in [0, 0.1) is 11.8 Å². The molecule has 5 nitrogen and oxygen atoms in total. The van der Waals surface area contributed by atoms with Gasteiger partial charge in [-0.25, -0.2) is 8.42 Å². The predicted octanol–water partition coefficient (Wildman–Crippen LogP) is 5.62. The fraction of sp³-hybridized carbons (Fsp3) is 0.103. The van der Waals surface area contributed by atoms with E-state index in [9.17, 15) is 8.42 Å². The summed E-state index contributed by atoms with van der Waals surface area (Å²) >= 11 is 0. The Bertz CT molecular complexity index is 1570. The maximum absolute atomic E-state index is 11.9. The Labute approximate surface area is 205 Å². The summed E-state index contributed by atoms with van der Waals surface area (Å²) in [6.07, 6.45) is 0.678. The van der Waals surface area contributed by atoms with E-state index in [1.165, 1.54) is 0 Å². The summed E-state index contributed by atoms with van der Waals surface area (Å²) < 4.78 is 38.4. The Kier molecular flexibility index (Phi) is 5.94. The van der Waals surface area contributed by atoms with Crippen LogP contribution in [0.1, 0.15) is 28.4 Å². The first-order valence-electron chi connectivity index (χ1n) is 11.0. The minimum atomic E-state index is -3.43.